The number of allylic oxidation sites excluding steroid dienone is 1. The molecular weight excluding hydrogens is 407 g/mol. The van der Waals surface area contributed by atoms with E-state index in [0.29, 0.717) is 5.92 Å². The minimum atomic E-state index is -1.44. The fraction of sp³-hybridized carbons (Fsp3) is 0.840. The second kappa shape index (κ2) is 14.7. The third-order valence-electron chi connectivity index (χ3n) is 6.26. The molecule has 0 fully saturated rings. The highest BCUT2D eigenvalue weighted by atomic mass is 79.9. The Morgan fingerprint density at radius 1 is 0.964 bits per heavy atom. The van der Waals surface area contributed by atoms with Crippen molar-refractivity contribution in [1.29, 1.82) is 0 Å². The van der Waals surface area contributed by atoms with Gasteiger partial charge >= 0.3 is 0 Å². The van der Waals surface area contributed by atoms with E-state index in [0.717, 1.165) is 12.8 Å². The summed E-state index contributed by atoms with van der Waals surface area (Å²) in [4.78, 5) is 0. The quantitative estimate of drug-likeness (QED) is 0.144. The molecule has 0 rings (SSSR count). The number of rotatable bonds is 14. The van der Waals surface area contributed by atoms with Crippen LogP contribution in [0, 0.1) is 17.7 Å². The lowest BCUT2D eigenvalue weighted by Crippen LogP contribution is -2.52. The molecule has 0 aliphatic rings. The molecule has 0 spiro atoms. The maximum absolute atomic E-state index is 6.71. The number of hydrogen-bond donors (Lipinski definition) is 0. The molecule has 0 radical (unpaired) electrons. The van der Waals surface area contributed by atoms with E-state index in [4.69, 9.17) is 4.65 Å². The van der Waals surface area contributed by atoms with Gasteiger partial charge in [0, 0.05) is 12.5 Å². The molecule has 0 bridgehead atoms. The van der Waals surface area contributed by atoms with Crippen LogP contribution in [0.25, 0.3) is 0 Å². The van der Waals surface area contributed by atoms with Crippen molar-refractivity contribution < 1.29 is 4.65 Å². The summed E-state index contributed by atoms with van der Waals surface area (Å²) in [5, 5.41) is -0.0422. The number of hydrogen-bond acceptors (Lipinski definition) is 1. The lowest BCUT2D eigenvalue weighted by Gasteiger charge is -2.54. The van der Waals surface area contributed by atoms with Crippen LogP contribution in [-0.4, -0.2) is 12.5 Å². The molecular formula is C25H47BBrO-. The normalized spacial score (nSPS) is 14.9. The van der Waals surface area contributed by atoms with Crippen molar-refractivity contribution in [3.63, 3.8) is 0 Å². The zero-order chi connectivity index (χ0) is 21.6. The first-order valence-corrected chi connectivity index (χ1v) is 12.6. The summed E-state index contributed by atoms with van der Waals surface area (Å²) < 4.78 is 7.88. The third-order valence-corrected chi connectivity index (χ3v) is 7.23. The van der Waals surface area contributed by atoms with Crippen molar-refractivity contribution in [2.75, 3.05) is 0 Å². The fourth-order valence-corrected chi connectivity index (χ4v) is 4.64. The van der Waals surface area contributed by atoms with Crippen molar-refractivity contribution in [3.8, 4) is 11.7 Å². The summed E-state index contributed by atoms with van der Waals surface area (Å²) in [6.45, 7) is 18.0. The Balaban J connectivity index is 5.73. The van der Waals surface area contributed by atoms with Crippen LogP contribution in [0.15, 0.2) is 10.5 Å². The predicted octanol–water partition coefficient (Wildman–Crippen LogP) is 9.09. The lowest BCUT2D eigenvalue weighted by atomic mass is 9.24. The predicted molar refractivity (Wildman–Crippen MR) is 133 cm³/mol. The van der Waals surface area contributed by atoms with Gasteiger partial charge in [-0.3, -0.25) is 5.82 Å². The van der Waals surface area contributed by atoms with Gasteiger partial charge in [-0.2, -0.15) is 0 Å². The van der Waals surface area contributed by atoms with Gasteiger partial charge in [0.2, 0.25) is 6.35 Å². The maximum atomic E-state index is 6.71. The smallest absolute Gasteiger partial charge is 0.225 e. The molecule has 28 heavy (non-hydrogen) atoms. The Labute approximate surface area is 185 Å². The molecule has 0 aromatic rings. The average molecular weight is 454 g/mol. The van der Waals surface area contributed by atoms with E-state index in [1.165, 1.54) is 55.7 Å². The fourth-order valence-electron chi connectivity index (χ4n) is 3.60. The minimum Gasteiger partial charge on any atom is -0.574 e. The highest BCUT2D eigenvalue weighted by molar-refractivity contribution is 9.12. The molecule has 0 aromatic heterocycles. The molecule has 0 heterocycles. The third kappa shape index (κ3) is 9.08. The Hall–Kier alpha value is -0.195. The Kier molecular flexibility index (Phi) is 14.6. The Morgan fingerprint density at radius 2 is 1.54 bits per heavy atom. The van der Waals surface area contributed by atoms with Crippen LogP contribution in [0.4, 0.5) is 0 Å². The van der Waals surface area contributed by atoms with E-state index in [2.05, 4.69) is 89.1 Å². The van der Waals surface area contributed by atoms with Crippen LogP contribution in [0.2, 0.25) is 5.31 Å². The maximum Gasteiger partial charge on any atom is 0.225 e. The van der Waals surface area contributed by atoms with Gasteiger partial charge in [-0.25, -0.2) is 0 Å². The molecule has 0 aliphatic carbocycles. The first kappa shape index (κ1) is 27.8. The molecule has 1 atom stereocenters. The summed E-state index contributed by atoms with van der Waals surface area (Å²) in [7, 11) is 0. The average Bonchev–Trinajstić information content (AvgIpc) is 2.62. The molecule has 0 saturated carbocycles. The van der Waals surface area contributed by atoms with E-state index in [-0.39, 0.29) is 11.4 Å². The van der Waals surface area contributed by atoms with Crippen LogP contribution in [-0.2, 0) is 4.65 Å². The van der Waals surface area contributed by atoms with Crippen LogP contribution >= 0.6 is 15.9 Å². The molecule has 164 valence electrons. The largest absolute Gasteiger partial charge is 0.574 e. The zero-order valence-corrected chi connectivity index (χ0v) is 21.8. The molecule has 3 heteroatoms. The molecule has 0 aliphatic heterocycles. The first-order chi connectivity index (χ1) is 13.2. The van der Waals surface area contributed by atoms with Gasteiger partial charge in [-0.1, -0.05) is 102 Å². The summed E-state index contributed by atoms with van der Waals surface area (Å²) in [5.41, 5.74) is 0. The lowest BCUT2D eigenvalue weighted by molar-refractivity contribution is 0.213. The van der Waals surface area contributed by atoms with Gasteiger partial charge in [0.1, 0.15) is 0 Å². The van der Waals surface area contributed by atoms with Crippen LogP contribution in [0.5, 0.6) is 0 Å². The summed E-state index contributed by atoms with van der Waals surface area (Å²) in [6.07, 6.45) is 13.3. The number of halogens is 1. The Bertz CT molecular complexity index is 498. The molecule has 1 unspecified atom stereocenters. The van der Waals surface area contributed by atoms with Gasteiger partial charge in [-0.15, -0.1) is 21.7 Å². The topological polar surface area (TPSA) is 9.23 Å². The summed E-state index contributed by atoms with van der Waals surface area (Å²) in [5.74, 6) is 7.69. The van der Waals surface area contributed by atoms with Crippen molar-refractivity contribution in [1.82, 2.24) is 0 Å². The van der Waals surface area contributed by atoms with Crippen LogP contribution in [0.3, 0.4) is 0 Å². The monoisotopic (exact) mass is 453 g/mol. The van der Waals surface area contributed by atoms with Crippen molar-refractivity contribution in [3.05, 3.63) is 10.5 Å². The van der Waals surface area contributed by atoms with Crippen LogP contribution in [0.1, 0.15) is 120 Å². The van der Waals surface area contributed by atoms with Crippen molar-refractivity contribution >= 4 is 22.3 Å². The van der Waals surface area contributed by atoms with Crippen LogP contribution < -0.4 is 0 Å². The second-order valence-electron chi connectivity index (χ2n) is 9.52. The summed E-state index contributed by atoms with van der Waals surface area (Å²) >= 11 is 3.96. The highest BCUT2D eigenvalue weighted by Gasteiger charge is 2.43. The standard InChI is InChI=1S/C25H47BBrO/c1-9-11-13-15-17-19-21-26(28-23(5)6,25(7,8)22(3)4)24(27)20-18-16-14-12-10-2/h20,22-23H,9-18H2,1-8H3/q-1/b24-20-. The highest BCUT2D eigenvalue weighted by Crippen LogP contribution is 2.50. The number of unbranched alkanes of at least 4 members (excludes halogenated alkanes) is 8. The second-order valence-corrected chi connectivity index (χ2v) is 10.4. The van der Waals surface area contributed by atoms with E-state index in [1.807, 2.05) is 0 Å². The molecule has 1 nitrogen and oxygen atoms in total. The SMILES string of the molecule is CCCCCCC#C[B-](OC(C)C)(/C(Br)=C/CCCCCC)C(C)(C)C(C)C. The minimum absolute atomic E-state index is 0.0422. The van der Waals surface area contributed by atoms with Gasteiger partial charge in [-0.05, 0) is 33.1 Å². The van der Waals surface area contributed by atoms with Crippen molar-refractivity contribution in [2.24, 2.45) is 5.92 Å². The van der Waals surface area contributed by atoms with E-state index < -0.39 is 6.35 Å². The Morgan fingerprint density at radius 3 is 2.04 bits per heavy atom. The summed E-state index contributed by atoms with van der Waals surface area (Å²) in [6, 6.07) is 0. The zero-order valence-electron chi connectivity index (χ0n) is 20.2. The molecule has 0 amide bonds. The van der Waals surface area contributed by atoms with Gasteiger partial charge in [0.05, 0.1) is 0 Å². The molecule has 0 aromatic carbocycles. The van der Waals surface area contributed by atoms with E-state index in [9.17, 15) is 0 Å². The van der Waals surface area contributed by atoms with E-state index >= 15 is 0 Å². The van der Waals surface area contributed by atoms with Gasteiger partial charge < -0.3 is 4.65 Å². The van der Waals surface area contributed by atoms with Crippen molar-refractivity contribution in [2.45, 2.75) is 131 Å². The first-order valence-electron chi connectivity index (χ1n) is 11.8. The molecule has 0 saturated heterocycles. The molecule has 0 N–H and O–H groups in total. The van der Waals surface area contributed by atoms with Gasteiger partial charge in [0.25, 0.3) is 0 Å². The van der Waals surface area contributed by atoms with E-state index in [1.54, 1.807) is 0 Å². The van der Waals surface area contributed by atoms with Gasteiger partial charge in [0.15, 0.2) is 0 Å².